The fraction of sp³-hybridized carbons (Fsp3) is 0.722. The molecule has 1 aromatic heterocycles. The third kappa shape index (κ3) is 3.22. The Bertz CT molecular complexity index is 645. The molecular weight excluding hydrogens is 320 g/mol. The average Bonchev–Trinajstić information content (AvgIpc) is 3.18. The molecule has 7 nitrogen and oxygen atoms in total. The molecule has 0 radical (unpaired) electrons. The number of rotatable bonds is 3. The summed E-state index contributed by atoms with van der Waals surface area (Å²) in [6.45, 7) is 5.44. The molecule has 1 saturated carbocycles. The van der Waals surface area contributed by atoms with E-state index in [1.807, 2.05) is 0 Å². The van der Waals surface area contributed by atoms with Gasteiger partial charge < -0.3 is 4.52 Å². The van der Waals surface area contributed by atoms with E-state index in [4.69, 9.17) is 4.52 Å². The highest BCUT2D eigenvalue weighted by molar-refractivity contribution is 6.21. The molecule has 3 fully saturated rings. The van der Waals surface area contributed by atoms with Gasteiger partial charge in [0.15, 0.2) is 5.82 Å². The molecular formula is C18H26N4O3. The van der Waals surface area contributed by atoms with Crippen molar-refractivity contribution in [3.8, 4) is 0 Å². The summed E-state index contributed by atoms with van der Waals surface area (Å²) in [5.41, 5.74) is 0. The van der Waals surface area contributed by atoms with Gasteiger partial charge in [-0.25, -0.2) is 4.90 Å². The molecule has 4 rings (SSSR count). The Balaban J connectivity index is 1.38. The highest BCUT2D eigenvalue weighted by Gasteiger charge is 2.44. The molecule has 1 aromatic rings. The van der Waals surface area contributed by atoms with Crippen molar-refractivity contribution in [3.05, 3.63) is 11.8 Å². The highest BCUT2D eigenvalue weighted by atomic mass is 16.5. The van der Waals surface area contributed by atoms with Gasteiger partial charge in [0.25, 0.3) is 5.91 Å². The van der Waals surface area contributed by atoms with Crippen molar-refractivity contribution in [2.45, 2.75) is 57.5 Å². The van der Waals surface area contributed by atoms with E-state index in [-0.39, 0.29) is 24.3 Å². The third-order valence-corrected chi connectivity index (χ3v) is 5.85. The van der Waals surface area contributed by atoms with E-state index >= 15 is 0 Å². The Kier molecular flexibility index (Phi) is 4.60. The SMILES string of the molecule is Cc1cc(N2C(=O)C[C@H](N3CCN(C4CCCCC4)CC3)C2=O)no1. The van der Waals surface area contributed by atoms with Crippen LogP contribution < -0.4 is 4.90 Å². The van der Waals surface area contributed by atoms with Gasteiger partial charge in [-0.15, -0.1) is 0 Å². The number of anilines is 1. The minimum absolute atomic E-state index is 0.163. The van der Waals surface area contributed by atoms with Gasteiger partial charge in [0.2, 0.25) is 5.91 Å². The Morgan fingerprint density at radius 1 is 1.04 bits per heavy atom. The molecule has 136 valence electrons. The van der Waals surface area contributed by atoms with E-state index in [0.29, 0.717) is 17.6 Å². The second kappa shape index (κ2) is 6.88. The molecule has 7 heteroatoms. The van der Waals surface area contributed by atoms with Crippen molar-refractivity contribution in [1.82, 2.24) is 15.0 Å². The fourth-order valence-electron chi connectivity index (χ4n) is 4.46. The molecule has 2 amide bonds. The van der Waals surface area contributed by atoms with Gasteiger partial charge in [-0.3, -0.25) is 19.4 Å². The lowest BCUT2D eigenvalue weighted by Gasteiger charge is -2.42. The van der Waals surface area contributed by atoms with E-state index in [1.54, 1.807) is 13.0 Å². The van der Waals surface area contributed by atoms with Crippen LogP contribution in [-0.2, 0) is 9.59 Å². The predicted octanol–water partition coefficient (Wildman–Crippen LogP) is 1.57. The summed E-state index contributed by atoms with van der Waals surface area (Å²) in [7, 11) is 0. The van der Waals surface area contributed by atoms with Gasteiger partial charge in [0.1, 0.15) is 5.76 Å². The monoisotopic (exact) mass is 346 g/mol. The first-order valence-corrected chi connectivity index (χ1v) is 9.42. The van der Waals surface area contributed by atoms with Crippen molar-refractivity contribution in [3.63, 3.8) is 0 Å². The average molecular weight is 346 g/mol. The lowest BCUT2D eigenvalue weighted by molar-refractivity contribution is -0.123. The van der Waals surface area contributed by atoms with Crippen molar-refractivity contribution < 1.29 is 14.1 Å². The molecule has 0 N–H and O–H groups in total. The van der Waals surface area contributed by atoms with Crippen LogP contribution in [0.5, 0.6) is 0 Å². The molecule has 0 unspecified atom stereocenters. The number of aromatic nitrogens is 1. The standard InChI is InChI=1S/C18H26N4O3/c1-13-11-16(19-25-13)22-17(23)12-15(18(22)24)21-9-7-20(8-10-21)14-5-3-2-4-6-14/h11,14-15H,2-10,12H2,1H3/t15-/m0/s1. The van der Waals surface area contributed by atoms with Gasteiger partial charge in [-0.05, 0) is 19.8 Å². The van der Waals surface area contributed by atoms with Crippen molar-refractivity contribution >= 4 is 17.6 Å². The van der Waals surface area contributed by atoms with Crippen LogP contribution in [0.4, 0.5) is 5.82 Å². The number of carbonyl (C=O) groups excluding carboxylic acids is 2. The normalized spacial score (nSPS) is 27.4. The van der Waals surface area contributed by atoms with Gasteiger partial charge in [0, 0.05) is 38.3 Å². The number of amides is 2. The quantitative estimate of drug-likeness (QED) is 0.774. The number of hydrogen-bond acceptors (Lipinski definition) is 6. The zero-order valence-electron chi connectivity index (χ0n) is 14.8. The van der Waals surface area contributed by atoms with Gasteiger partial charge in [-0.2, -0.15) is 0 Å². The zero-order chi connectivity index (χ0) is 17.4. The third-order valence-electron chi connectivity index (χ3n) is 5.85. The predicted molar refractivity (Wildman–Crippen MR) is 92.2 cm³/mol. The molecule has 0 aromatic carbocycles. The Morgan fingerprint density at radius 2 is 1.72 bits per heavy atom. The number of hydrogen-bond donors (Lipinski definition) is 0. The smallest absolute Gasteiger partial charge is 0.252 e. The van der Waals surface area contributed by atoms with Crippen molar-refractivity contribution in [1.29, 1.82) is 0 Å². The number of nitrogens with zero attached hydrogens (tertiary/aromatic N) is 4. The minimum Gasteiger partial charge on any atom is -0.360 e. The van der Waals surface area contributed by atoms with Gasteiger partial charge in [0.05, 0.1) is 12.5 Å². The largest absolute Gasteiger partial charge is 0.360 e. The molecule has 1 aliphatic carbocycles. The van der Waals surface area contributed by atoms with E-state index in [1.165, 1.54) is 37.0 Å². The topological polar surface area (TPSA) is 69.9 Å². The summed E-state index contributed by atoms with van der Waals surface area (Å²) in [4.78, 5) is 31.1. The number of aryl methyl sites for hydroxylation is 1. The summed E-state index contributed by atoms with van der Waals surface area (Å²) in [6.07, 6.45) is 6.90. The van der Waals surface area contributed by atoms with Crippen LogP contribution in [0.15, 0.2) is 10.6 Å². The van der Waals surface area contributed by atoms with Crippen LogP contribution in [0.1, 0.15) is 44.3 Å². The van der Waals surface area contributed by atoms with E-state index in [0.717, 1.165) is 26.2 Å². The molecule has 25 heavy (non-hydrogen) atoms. The maximum atomic E-state index is 12.8. The van der Waals surface area contributed by atoms with Crippen LogP contribution in [0.2, 0.25) is 0 Å². The first-order chi connectivity index (χ1) is 12.1. The van der Waals surface area contributed by atoms with E-state index < -0.39 is 0 Å². The molecule has 2 saturated heterocycles. The number of piperazine rings is 1. The summed E-state index contributed by atoms with van der Waals surface area (Å²) in [5, 5.41) is 3.83. The Morgan fingerprint density at radius 3 is 2.36 bits per heavy atom. The van der Waals surface area contributed by atoms with Gasteiger partial charge in [-0.1, -0.05) is 24.4 Å². The highest BCUT2D eigenvalue weighted by Crippen LogP contribution is 2.28. The Hall–Kier alpha value is -1.73. The summed E-state index contributed by atoms with van der Waals surface area (Å²) in [6, 6.07) is 2.00. The first kappa shape index (κ1) is 16.7. The molecule has 1 atom stereocenters. The lowest BCUT2D eigenvalue weighted by Crippen LogP contribution is -2.55. The van der Waals surface area contributed by atoms with Crippen LogP contribution in [-0.4, -0.2) is 65.0 Å². The molecule has 3 aliphatic rings. The maximum Gasteiger partial charge on any atom is 0.252 e. The van der Waals surface area contributed by atoms with Crippen LogP contribution >= 0.6 is 0 Å². The van der Waals surface area contributed by atoms with E-state index in [9.17, 15) is 9.59 Å². The van der Waals surface area contributed by atoms with Crippen LogP contribution in [0.3, 0.4) is 0 Å². The summed E-state index contributed by atoms with van der Waals surface area (Å²) in [5.74, 6) is 0.568. The van der Waals surface area contributed by atoms with E-state index in [2.05, 4.69) is 15.0 Å². The first-order valence-electron chi connectivity index (χ1n) is 9.42. The minimum atomic E-state index is -0.349. The van der Waals surface area contributed by atoms with Crippen LogP contribution in [0.25, 0.3) is 0 Å². The molecule has 0 bridgehead atoms. The molecule has 0 spiro atoms. The van der Waals surface area contributed by atoms with Crippen molar-refractivity contribution in [2.24, 2.45) is 0 Å². The maximum absolute atomic E-state index is 12.8. The van der Waals surface area contributed by atoms with Crippen molar-refractivity contribution in [2.75, 3.05) is 31.1 Å². The summed E-state index contributed by atoms with van der Waals surface area (Å²) >= 11 is 0. The fourth-order valence-corrected chi connectivity index (χ4v) is 4.46. The number of imide groups is 1. The second-order valence-electron chi connectivity index (χ2n) is 7.45. The molecule has 3 heterocycles. The summed E-state index contributed by atoms with van der Waals surface area (Å²) < 4.78 is 5.02. The van der Waals surface area contributed by atoms with Gasteiger partial charge >= 0.3 is 0 Å². The molecule has 2 aliphatic heterocycles. The zero-order valence-corrected chi connectivity index (χ0v) is 14.8. The van der Waals surface area contributed by atoms with Crippen LogP contribution in [0, 0.1) is 6.92 Å². The number of carbonyl (C=O) groups is 2. The second-order valence-corrected chi connectivity index (χ2v) is 7.45. The lowest BCUT2D eigenvalue weighted by atomic mass is 9.93. The Labute approximate surface area is 147 Å².